The summed E-state index contributed by atoms with van der Waals surface area (Å²) < 4.78 is 5.73. The Kier molecular flexibility index (Phi) is 4.10. The van der Waals surface area contributed by atoms with Gasteiger partial charge in [0.2, 0.25) is 0 Å². The first kappa shape index (κ1) is 12.3. The quantitative estimate of drug-likeness (QED) is 0.820. The van der Waals surface area contributed by atoms with Crippen LogP contribution in [0.25, 0.3) is 0 Å². The maximum absolute atomic E-state index is 10.5. The highest BCUT2D eigenvalue weighted by Gasteiger charge is 2.03. The molecule has 0 amide bonds. The number of aliphatic hydroxyl groups is 1. The van der Waals surface area contributed by atoms with Gasteiger partial charge in [0.1, 0.15) is 17.8 Å². The minimum atomic E-state index is 0.0878. The third-order valence-electron chi connectivity index (χ3n) is 2.60. The molecule has 92 valence electrons. The molecule has 0 unspecified atom stereocenters. The summed E-state index contributed by atoms with van der Waals surface area (Å²) in [7, 11) is 0. The van der Waals surface area contributed by atoms with Crippen LogP contribution in [0.3, 0.4) is 0 Å². The largest absolute Gasteiger partial charge is 0.457 e. The number of ether oxygens (including phenoxy) is 1. The van der Waals surface area contributed by atoms with Crippen molar-refractivity contribution in [1.29, 1.82) is 0 Å². The summed E-state index contributed by atoms with van der Waals surface area (Å²) in [6.45, 7) is 0.0878. The minimum Gasteiger partial charge on any atom is -0.457 e. The van der Waals surface area contributed by atoms with E-state index in [1.165, 1.54) is 0 Å². The second-order valence-electron chi connectivity index (χ2n) is 3.87. The second kappa shape index (κ2) is 5.98. The van der Waals surface area contributed by atoms with Crippen molar-refractivity contribution in [2.45, 2.75) is 6.42 Å². The molecule has 0 heterocycles. The van der Waals surface area contributed by atoms with Crippen molar-refractivity contribution in [2.24, 2.45) is 0 Å². The lowest BCUT2D eigenvalue weighted by Gasteiger charge is -2.10. The molecule has 1 N–H and O–H groups in total. The average molecular weight is 242 g/mol. The van der Waals surface area contributed by atoms with Crippen LogP contribution in [-0.2, 0) is 6.42 Å². The molecule has 0 spiro atoms. The Labute approximate surface area is 106 Å². The van der Waals surface area contributed by atoms with E-state index in [-0.39, 0.29) is 6.61 Å². The van der Waals surface area contributed by atoms with Gasteiger partial charge in [-0.25, -0.2) is 0 Å². The van der Waals surface area contributed by atoms with Crippen molar-refractivity contribution in [3.63, 3.8) is 0 Å². The summed E-state index contributed by atoms with van der Waals surface area (Å²) in [5, 5.41) is 8.98. The summed E-state index contributed by atoms with van der Waals surface area (Å²) >= 11 is 0. The lowest BCUT2D eigenvalue weighted by atomic mass is 10.1. The third kappa shape index (κ3) is 2.96. The average Bonchev–Trinajstić information content (AvgIpc) is 2.42. The summed E-state index contributed by atoms with van der Waals surface area (Å²) in [5.74, 6) is 1.40. The van der Waals surface area contributed by atoms with Gasteiger partial charge in [0.15, 0.2) is 0 Å². The molecule has 0 radical (unpaired) electrons. The molecule has 3 heteroatoms. The Morgan fingerprint density at radius 2 is 1.78 bits per heavy atom. The fraction of sp³-hybridized carbons (Fsp3) is 0.133. The van der Waals surface area contributed by atoms with Gasteiger partial charge < -0.3 is 9.84 Å². The van der Waals surface area contributed by atoms with E-state index < -0.39 is 0 Å². The number of para-hydroxylation sites is 1. The predicted octanol–water partition coefficient (Wildman–Crippen LogP) is 2.83. The van der Waals surface area contributed by atoms with Crippen LogP contribution in [0.1, 0.15) is 15.9 Å². The molecular formula is C15H14O3. The number of aliphatic hydroxyl groups excluding tert-OH is 1. The van der Waals surface area contributed by atoms with Crippen LogP contribution in [0.4, 0.5) is 0 Å². The molecule has 2 aromatic carbocycles. The Hall–Kier alpha value is -2.13. The molecule has 0 bridgehead atoms. The van der Waals surface area contributed by atoms with E-state index in [1.807, 2.05) is 24.3 Å². The lowest BCUT2D eigenvalue weighted by molar-refractivity contribution is 0.112. The normalized spacial score (nSPS) is 10.1. The van der Waals surface area contributed by atoms with Crippen molar-refractivity contribution >= 4 is 6.29 Å². The zero-order valence-electron chi connectivity index (χ0n) is 9.87. The van der Waals surface area contributed by atoms with Gasteiger partial charge in [-0.3, -0.25) is 4.79 Å². The van der Waals surface area contributed by atoms with Crippen LogP contribution in [0, 0.1) is 0 Å². The van der Waals surface area contributed by atoms with Crippen molar-refractivity contribution in [2.75, 3.05) is 6.61 Å². The van der Waals surface area contributed by atoms with E-state index in [9.17, 15) is 4.79 Å². The van der Waals surface area contributed by atoms with E-state index in [2.05, 4.69) is 0 Å². The Morgan fingerprint density at radius 1 is 1.06 bits per heavy atom. The standard InChI is InChI=1S/C15H14O3/c16-10-9-13-3-1-2-4-15(13)18-14-7-5-12(11-17)6-8-14/h1-8,11,16H,9-10H2. The number of aldehydes is 1. The van der Waals surface area contributed by atoms with Crippen molar-refractivity contribution in [1.82, 2.24) is 0 Å². The van der Waals surface area contributed by atoms with Gasteiger partial charge in [-0.05, 0) is 42.3 Å². The Bertz CT molecular complexity index is 518. The van der Waals surface area contributed by atoms with Crippen LogP contribution >= 0.6 is 0 Å². The zero-order chi connectivity index (χ0) is 12.8. The van der Waals surface area contributed by atoms with Crippen molar-refractivity contribution in [3.8, 4) is 11.5 Å². The van der Waals surface area contributed by atoms with Gasteiger partial charge in [-0.1, -0.05) is 18.2 Å². The maximum atomic E-state index is 10.5. The highest BCUT2D eigenvalue weighted by atomic mass is 16.5. The fourth-order valence-corrected chi connectivity index (χ4v) is 1.67. The molecule has 18 heavy (non-hydrogen) atoms. The van der Waals surface area contributed by atoms with Gasteiger partial charge >= 0.3 is 0 Å². The summed E-state index contributed by atoms with van der Waals surface area (Å²) in [4.78, 5) is 10.5. The topological polar surface area (TPSA) is 46.5 Å². The molecule has 0 aliphatic heterocycles. The van der Waals surface area contributed by atoms with Crippen LogP contribution in [0.5, 0.6) is 11.5 Å². The molecule has 0 aliphatic rings. The van der Waals surface area contributed by atoms with E-state index >= 15 is 0 Å². The molecule has 0 saturated carbocycles. The third-order valence-corrected chi connectivity index (χ3v) is 2.60. The number of rotatable bonds is 5. The van der Waals surface area contributed by atoms with E-state index in [0.717, 1.165) is 17.6 Å². The Morgan fingerprint density at radius 3 is 2.44 bits per heavy atom. The summed E-state index contributed by atoms with van der Waals surface area (Å²) in [5.41, 5.74) is 1.57. The number of hydrogen-bond donors (Lipinski definition) is 1. The molecule has 0 saturated heterocycles. The van der Waals surface area contributed by atoms with Crippen molar-refractivity contribution < 1.29 is 14.6 Å². The lowest BCUT2D eigenvalue weighted by Crippen LogP contribution is -1.95. The SMILES string of the molecule is O=Cc1ccc(Oc2ccccc2CCO)cc1. The number of benzene rings is 2. The molecule has 2 rings (SSSR count). The van der Waals surface area contributed by atoms with E-state index in [4.69, 9.17) is 9.84 Å². The molecule has 2 aromatic rings. The van der Waals surface area contributed by atoms with E-state index in [1.54, 1.807) is 24.3 Å². The smallest absolute Gasteiger partial charge is 0.150 e. The monoisotopic (exact) mass is 242 g/mol. The molecular weight excluding hydrogens is 228 g/mol. The van der Waals surface area contributed by atoms with Gasteiger partial charge in [-0.15, -0.1) is 0 Å². The molecule has 0 atom stereocenters. The highest BCUT2D eigenvalue weighted by Crippen LogP contribution is 2.25. The van der Waals surface area contributed by atoms with Crippen LogP contribution in [0.15, 0.2) is 48.5 Å². The number of hydrogen-bond acceptors (Lipinski definition) is 3. The first-order valence-corrected chi connectivity index (χ1v) is 5.75. The first-order chi connectivity index (χ1) is 8.83. The minimum absolute atomic E-state index is 0.0878. The van der Waals surface area contributed by atoms with Crippen LogP contribution in [0.2, 0.25) is 0 Å². The maximum Gasteiger partial charge on any atom is 0.150 e. The van der Waals surface area contributed by atoms with Gasteiger partial charge in [0.25, 0.3) is 0 Å². The van der Waals surface area contributed by atoms with Gasteiger partial charge in [0, 0.05) is 12.2 Å². The number of carbonyl (C=O) groups excluding carboxylic acids is 1. The Balaban J connectivity index is 2.19. The fourth-order valence-electron chi connectivity index (χ4n) is 1.67. The molecule has 3 nitrogen and oxygen atoms in total. The van der Waals surface area contributed by atoms with Crippen LogP contribution < -0.4 is 4.74 Å². The highest BCUT2D eigenvalue weighted by molar-refractivity contribution is 5.74. The molecule has 0 aromatic heterocycles. The molecule has 0 aliphatic carbocycles. The van der Waals surface area contributed by atoms with E-state index in [0.29, 0.717) is 17.7 Å². The van der Waals surface area contributed by atoms with Crippen molar-refractivity contribution in [3.05, 3.63) is 59.7 Å². The van der Waals surface area contributed by atoms with Gasteiger partial charge in [0.05, 0.1) is 0 Å². The number of carbonyl (C=O) groups is 1. The summed E-state index contributed by atoms with van der Waals surface area (Å²) in [6, 6.07) is 14.5. The van der Waals surface area contributed by atoms with Gasteiger partial charge in [-0.2, -0.15) is 0 Å². The molecule has 0 fully saturated rings. The second-order valence-corrected chi connectivity index (χ2v) is 3.87. The predicted molar refractivity (Wildman–Crippen MR) is 69.1 cm³/mol. The first-order valence-electron chi connectivity index (χ1n) is 5.75. The van der Waals surface area contributed by atoms with Crippen LogP contribution in [-0.4, -0.2) is 18.0 Å². The zero-order valence-corrected chi connectivity index (χ0v) is 9.87. The summed E-state index contributed by atoms with van der Waals surface area (Å²) in [6.07, 6.45) is 1.35.